The molecule has 1 aromatic rings. The Bertz CT molecular complexity index is 542. The second-order valence-corrected chi connectivity index (χ2v) is 5.70. The van der Waals surface area contributed by atoms with E-state index in [9.17, 15) is 14.9 Å². The lowest BCUT2D eigenvalue weighted by Crippen LogP contribution is -2.63. The maximum Gasteiger partial charge on any atom is 0.252 e. The van der Waals surface area contributed by atoms with Gasteiger partial charge in [0, 0.05) is 17.3 Å². The fourth-order valence-corrected chi connectivity index (χ4v) is 3.87. The number of aliphatic hydroxyl groups is 1. The van der Waals surface area contributed by atoms with Crippen LogP contribution in [0.5, 0.6) is 0 Å². The number of fused-ring (bicyclic) bond motifs is 3. The van der Waals surface area contributed by atoms with Gasteiger partial charge in [-0.1, -0.05) is 0 Å². The Kier molecular flexibility index (Phi) is 3.54. The molecule has 4 rings (SSSR count). The van der Waals surface area contributed by atoms with E-state index in [1.165, 1.54) is 6.26 Å². The summed E-state index contributed by atoms with van der Waals surface area (Å²) in [5, 5.41) is 20.6. The average molecular weight is 295 g/mol. The van der Waals surface area contributed by atoms with E-state index in [4.69, 9.17) is 14.3 Å². The van der Waals surface area contributed by atoms with Gasteiger partial charge in [-0.25, -0.2) is 0 Å². The maximum atomic E-state index is 12.3. The van der Waals surface area contributed by atoms with E-state index in [1.807, 2.05) is 0 Å². The lowest BCUT2D eigenvalue weighted by atomic mass is 9.58. The second-order valence-electron chi connectivity index (χ2n) is 5.70. The molecular formula is C14H17NO6. The van der Waals surface area contributed by atoms with Crippen molar-refractivity contribution in [2.75, 3.05) is 13.2 Å². The molecule has 7 nitrogen and oxygen atoms in total. The summed E-state index contributed by atoms with van der Waals surface area (Å²) in [5.74, 6) is -0.528. The summed E-state index contributed by atoms with van der Waals surface area (Å²) in [6.45, 7) is -0.234. The van der Waals surface area contributed by atoms with Crippen LogP contribution in [0.2, 0.25) is 0 Å². The molecule has 3 saturated carbocycles. The highest BCUT2D eigenvalue weighted by Gasteiger charge is 2.65. The van der Waals surface area contributed by atoms with Crippen LogP contribution in [-0.4, -0.2) is 40.7 Å². The number of rotatable bonds is 5. The van der Waals surface area contributed by atoms with Crippen molar-refractivity contribution in [2.24, 2.45) is 5.92 Å². The van der Waals surface area contributed by atoms with Gasteiger partial charge in [-0.05, 0) is 25.0 Å². The summed E-state index contributed by atoms with van der Waals surface area (Å²) in [4.78, 5) is 23.6. The molecule has 4 atom stereocenters. The van der Waals surface area contributed by atoms with E-state index in [1.54, 1.807) is 12.1 Å². The minimum Gasteiger partial charge on any atom is -0.469 e. The standard InChI is InChI=1S/C14H17NO6/c16-5-7-21-14-4-3-9(10(17)8-14)12(13(14)15(18)19)11-2-1-6-20-11/h1-2,6,9,12-13,16H,3-5,7-8H2/t9-,12-,13-,14-/m1/s1. The van der Waals surface area contributed by atoms with E-state index in [2.05, 4.69) is 0 Å². The summed E-state index contributed by atoms with van der Waals surface area (Å²) >= 11 is 0. The predicted molar refractivity (Wildman–Crippen MR) is 70.3 cm³/mol. The van der Waals surface area contributed by atoms with Crippen LogP contribution in [0.4, 0.5) is 0 Å². The zero-order chi connectivity index (χ0) is 15.0. The molecule has 0 aliphatic heterocycles. The smallest absolute Gasteiger partial charge is 0.252 e. The van der Waals surface area contributed by atoms with Gasteiger partial charge in [0.25, 0.3) is 6.04 Å². The van der Waals surface area contributed by atoms with Crippen molar-refractivity contribution in [2.45, 2.75) is 36.8 Å². The predicted octanol–water partition coefficient (Wildman–Crippen LogP) is 1.14. The Labute approximate surface area is 121 Å². The zero-order valence-electron chi connectivity index (χ0n) is 11.4. The molecule has 21 heavy (non-hydrogen) atoms. The Morgan fingerprint density at radius 2 is 2.38 bits per heavy atom. The number of ketones is 1. The van der Waals surface area contributed by atoms with Crippen LogP contribution in [-0.2, 0) is 9.53 Å². The molecule has 0 unspecified atom stereocenters. The SMILES string of the molecule is O=C1C[C@]2(OCCO)CC[C@H]1[C@H](c1ccco1)[C@H]2[N+](=O)[O-]. The van der Waals surface area contributed by atoms with Gasteiger partial charge in [0.1, 0.15) is 17.1 Å². The third-order valence-electron chi connectivity index (χ3n) is 4.66. The van der Waals surface area contributed by atoms with Gasteiger partial charge in [0.2, 0.25) is 0 Å². The third-order valence-corrected chi connectivity index (χ3v) is 4.66. The number of ether oxygens (including phenoxy) is 1. The van der Waals surface area contributed by atoms with Gasteiger partial charge >= 0.3 is 0 Å². The molecule has 1 aromatic heterocycles. The summed E-state index contributed by atoms with van der Waals surface area (Å²) in [6.07, 6.45) is 2.52. The van der Waals surface area contributed by atoms with E-state index in [0.717, 1.165) is 0 Å². The molecule has 7 heteroatoms. The number of hydrogen-bond acceptors (Lipinski definition) is 6. The first kappa shape index (κ1) is 14.2. The lowest BCUT2D eigenvalue weighted by molar-refractivity contribution is -0.559. The van der Waals surface area contributed by atoms with Crippen LogP contribution < -0.4 is 0 Å². The monoisotopic (exact) mass is 295 g/mol. The molecule has 0 saturated heterocycles. The lowest BCUT2D eigenvalue weighted by Gasteiger charge is -2.49. The van der Waals surface area contributed by atoms with Crippen molar-refractivity contribution in [1.29, 1.82) is 0 Å². The molecule has 3 fully saturated rings. The molecule has 2 bridgehead atoms. The van der Waals surface area contributed by atoms with Gasteiger partial charge in [0.15, 0.2) is 0 Å². The number of hydrogen-bond donors (Lipinski definition) is 1. The quantitative estimate of drug-likeness (QED) is 0.645. The summed E-state index contributed by atoms with van der Waals surface area (Å²) in [5.41, 5.74) is -1.13. The molecule has 114 valence electrons. The van der Waals surface area contributed by atoms with Gasteiger partial charge in [-0.2, -0.15) is 0 Å². The molecule has 0 radical (unpaired) electrons. The van der Waals surface area contributed by atoms with Gasteiger partial charge < -0.3 is 14.3 Å². The number of nitro groups is 1. The Hall–Kier alpha value is -1.73. The van der Waals surface area contributed by atoms with Crippen LogP contribution in [0.3, 0.4) is 0 Å². The fraction of sp³-hybridized carbons (Fsp3) is 0.643. The van der Waals surface area contributed by atoms with Crippen LogP contribution in [0.15, 0.2) is 22.8 Å². The summed E-state index contributed by atoms with van der Waals surface area (Å²) in [7, 11) is 0. The van der Waals surface area contributed by atoms with Crippen molar-refractivity contribution in [1.82, 2.24) is 0 Å². The largest absolute Gasteiger partial charge is 0.469 e. The van der Waals surface area contributed by atoms with Gasteiger partial charge in [-0.3, -0.25) is 14.9 Å². The molecular weight excluding hydrogens is 278 g/mol. The fourth-order valence-electron chi connectivity index (χ4n) is 3.87. The highest BCUT2D eigenvalue weighted by atomic mass is 16.6. The van der Waals surface area contributed by atoms with Crippen molar-refractivity contribution >= 4 is 5.78 Å². The molecule has 3 aliphatic carbocycles. The van der Waals surface area contributed by atoms with Crippen molar-refractivity contribution in [3.05, 3.63) is 34.3 Å². The van der Waals surface area contributed by atoms with E-state index in [0.29, 0.717) is 18.6 Å². The normalized spacial score (nSPS) is 35.1. The number of furan rings is 1. The van der Waals surface area contributed by atoms with E-state index in [-0.39, 0.29) is 36.3 Å². The highest BCUT2D eigenvalue weighted by Crippen LogP contribution is 2.53. The molecule has 1 N–H and O–H groups in total. The number of carbonyl (C=O) groups excluding carboxylic acids is 1. The maximum absolute atomic E-state index is 12.3. The van der Waals surface area contributed by atoms with Crippen LogP contribution >= 0.6 is 0 Å². The molecule has 0 spiro atoms. The molecule has 0 amide bonds. The molecule has 3 aliphatic rings. The van der Waals surface area contributed by atoms with Gasteiger partial charge in [-0.15, -0.1) is 0 Å². The average Bonchev–Trinajstić information content (AvgIpc) is 2.98. The first-order chi connectivity index (χ1) is 10.1. The Morgan fingerprint density at radius 3 is 2.95 bits per heavy atom. The third kappa shape index (κ3) is 2.16. The van der Waals surface area contributed by atoms with E-state index >= 15 is 0 Å². The number of carbonyl (C=O) groups is 1. The number of aliphatic hydroxyl groups excluding tert-OH is 1. The topological polar surface area (TPSA) is 103 Å². The summed E-state index contributed by atoms with van der Waals surface area (Å²) in [6, 6.07) is 2.32. The first-order valence-corrected chi connectivity index (χ1v) is 7.03. The molecule has 1 heterocycles. The number of Topliss-reactive ketones (excluding diaryl/α,β-unsaturated/α-hetero) is 1. The van der Waals surface area contributed by atoms with Crippen LogP contribution in [0.25, 0.3) is 0 Å². The van der Waals surface area contributed by atoms with E-state index < -0.39 is 17.6 Å². The minimum absolute atomic E-state index is 0.00678. The Balaban J connectivity index is 2.03. The minimum atomic E-state index is -1.13. The molecule has 0 aromatic carbocycles. The van der Waals surface area contributed by atoms with Crippen molar-refractivity contribution < 1.29 is 24.0 Å². The van der Waals surface area contributed by atoms with Crippen molar-refractivity contribution in [3.63, 3.8) is 0 Å². The highest BCUT2D eigenvalue weighted by molar-refractivity contribution is 5.85. The van der Waals surface area contributed by atoms with Crippen LogP contribution in [0, 0.1) is 16.0 Å². The zero-order valence-corrected chi connectivity index (χ0v) is 11.4. The van der Waals surface area contributed by atoms with Crippen LogP contribution in [0.1, 0.15) is 30.9 Å². The second kappa shape index (κ2) is 5.23. The number of nitrogens with zero attached hydrogens (tertiary/aromatic N) is 1. The van der Waals surface area contributed by atoms with Crippen molar-refractivity contribution in [3.8, 4) is 0 Å². The first-order valence-electron chi connectivity index (χ1n) is 7.03. The summed E-state index contributed by atoms with van der Waals surface area (Å²) < 4.78 is 11.0. The Morgan fingerprint density at radius 1 is 1.57 bits per heavy atom. The van der Waals surface area contributed by atoms with Gasteiger partial charge in [0.05, 0.1) is 25.4 Å².